The van der Waals surface area contributed by atoms with Crippen molar-refractivity contribution in [2.45, 2.75) is 33.9 Å². The van der Waals surface area contributed by atoms with Gasteiger partial charge < -0.3 is 15.5 Å². The summed E-state index contributed by atoms with van der Waals surface area (Å²) in [4.78, 5) is 6.32. The van der Waals surface area contributed by atoms with E-state index in [0.717, 1.165) is 23.5 Å². The molecule has 0 amide bonds. The Bertz CT molecular complexity index is 779. The fourth-order valence-electron chi connectivity index (χ4n) is 2.77. The van der Waals surface area contributed by atoms with E-state index in [-0.39, 0.29) is 5.82 Å². The number of aryl methyl sites for hydroxylation is 2. The summed E-state index contributed by atoms with van der Waals surface area (Å²) in [6.45, 7) is 7.88. The van der Waals surface area contributed by atoms with Gasteiger partial charge in [0.2, 0.25) is 0 Å². The maximum atomic E-state index is 14.1. The van der Waals surface area contributed by atoms with Crippen LogP contribution in [-0.2, 0) is 20.1 Å². The topological polar surface area (TPSA) is 57.5 Å². The largest absolute Gasteiger partial charge is 0.375 e. The highest BCUT2D eigenvalue weighted by atomic mass is 19.1. The van der Waals surface area contributed by atoms with Crippen LogP contribution in [-0.4, -0.2) is 36.4 Å². The van der Waals surface area contributed by atoms with Crippen LogP contribution in [0.5, 0.6) is 0 Å². The summed E-state index contributed by atoms with van der Waals surface area (Å²) in [6.07, 6.45) is 0. The predicted octanol–water partition coefficient (Wildman–Crippen LogP) is 2.50. The van der Waals surface area contributed by atoms with Gasteiger partial charge in [-0.3, -0.25) is 4.68 Å². The Morgan fingerprint density at radius 3 is 2.54 bits per heavy atom. The molecule has 0 spiro atoms. The molecule has 0 aliphatic rings. The van der Waals surface area contributed by atoms with Gasteiger partial charge in [-0.25, -0.2) is 9.38 Å². The smallest absolute Gasteiger partial charge is 0.191 e. The van der Waals surface area contributed by atoms with E-state index in [2.05, 4.69) is 27.6 Å². The normalized spacial score (nSPS) is 11.6. The van der Waals surface area contributed by atoms with Gasteiger partial charge in [0.15, 0.2) is 5.96 Å². The molecule has 6 nitrogen and oxygen atoms in total. The molecular formula is C19H29FN6. The summed E-state index contributed by atoms with van der Waals surface area (Å²) >= 11 is 0. The number of rotatable bonds is 6. The Balaban J connectivity index is 2.08. The quantitative estimate of drug-likeness (QED) is 0.614. The van der Waals surface area contributed by atoms with Crippen molar-refractivity contribution in [2.24, 2.45) is 12.0 Å². The molecule has 26 heavy (non-hydrogen) atoms. The van der Waals surface area contributed by atoms with E-state index in [1.54, 1.807) is 11.0 Å². The minimum atomic E-state index is -0.234. The molecule has 2 N–H and O–H groups in total. The first kappa shape index (κ1) is 19.8. The lowest BCUT2D eigenvalue weighted by Crippen LogP contribution is -2.37. The Hall–Kier alpha value is -2.57. The molecule has 0 radical (unpaired) electrons. The molecule has 1 heterocycles. The minimum absolute atomic E-state index is 0.234. The van der Waals surface area contributed by atoms with Crippen molar-refractivity contribution in [2.75, 3.05) is 25.5 Å². The zero-order chi connectivity index (χ0) is 19.3. The Morgan fingerprint density at radius 1 is 1.27 bits per heavy atom. The Labute approximate surface area is 155 Å². The SMILES string of the molecule is CCNC(=NCc1ccc(N(C)C)c(F)c1)NCc1c(C)nn(C)c1C. The molecule has 1 aromatic carbocycles. The molecule has 1 aromatic heterocycles. The first-order valence-electron chi connectivity index (χ1n) is 8.80. The van der Waals surface area contributed by atoms with Crippen LogP contribution in [0.15, 0.2) is 23.2 Å². The molecule has 0 aliphatic carbocycles. The first-order chi connectivity index (χ1) is 12.3. The molecule has 0 atom stereocenters. The molecule has 0 saturated heterocycles. The summed E-state index contributed by atoms with van der Waals surface area (Å²) in [7, 11) is 5.59. The monoisotopic (exact) mass is 360 g/mol. The van der Waals surface area contributed by atoms with E-state index in [1.807, 2.05) is 45.7 Å². The van der Waals surface area contributed by atoms with Crippen molar-refractivity contribution in [3.05, 3.63) is 46.5 Å². The molecule has 2 aromatic rings. The second kappa shape index (κ2) is 8.69. The van der Waals surface area contributed by atoms with Crippen LogP contribution in [0.3, 0.4) is 0 Å². The van der Waals surface area contributed by atoms with Gasteiger partial charge in [0.25, 0.3) is 0 Å². The van der Waals surface area contributed by atoms with Crippen molar-refractivity contribution >= 4 is 11.6 Å². The van der Waals surface area contributed by atoms with E-state index in [4.69, 9.17) is 0 Å². The second-order valence-corrected chi connectivity index (χ2v) is 6.50. The molecule has 0 bridgehead atoms. The Kier molecular flexibility index (Phi) is 6.60. The van der Waals surface area contributed by atoms with E-state index >= 15 is 0 Å². The second-order valence-electron chi connectivity index (χ2n) is 6.50. The van der Waals surface area contributed by atoms with Crippen LogP contribution < -0.4 is 15.5 Å². The summed E-state index contributed by atoms with van der Waals surface area (Å²) in [5.74, 6) is 0.467. The van der Waals surface area contributed by atoms with Crippen LogP contribution in [0.2, 0.25) is 0 Å². The van der Waals surface area contributed by atoms with Gasteiger partial charge in [0.1, 0.15) is 5.82 Å². The maximum Gasteiger partial charge on any atom is 0.191 e. The summed E-state index contributed by atoms with van der Waals surface area (Å²) in [5, 5.41) is 11.0. The maximum absolute atomic E-state index is 14.1. The molecule has 142 valence electrons. The minimum Gasteiger partial charge on any atom is -0.375 e. The van der Waals surface area contributed by atoms with Crippen LogP contribution in [0, 0.1) is 19.7 Å². The van der Waals surface area contributed by atoms with Gasteiger partial charge in [-0.05, 0) is 38.5 Å². The lowest BCUT2D eigenvalue weighted by atomic mass is 10.2. The van der Waals surface area contributed by atoms with Gasteiger partial charge in [0, 0.05) is 45.5 Å². The third-order valence-electron chi connectivity index (χ3n) is 4.35. The number of aliphatic imine (C=N–C) groups is 1. The summed E-state index contributed by atoms with van der Waals surface area (Å²) < 4.78 is 16.0. The van der Waals surface area contributed by atoms with E-state index in [9.17, 15) is 4.39 Å². The third kappa shape index (κ3) is 4.74. The van der Waals surface area contributed by atoms with Crippen LogP contribution in [0.25, 0.3) is 0 Å². The zero-order valence-corrected chi connectivity index (χ0v) is 16.5. The standard InChI is InChI=1S/C19H29FN6/c1-7-21-19(23-12-16-13(2)24-26(6)14(16)3)22-11-15-8-9-18(25(4)5)17(20)10-15/h8-10H,7,11-12H2,1-6H3,(H2,21,22,23). The van der Waals surface area contributed by atoms with Crippen LogP contribution in [0.4, 0.5) is 10.1 Å². The molecule has 2 rings (SSSR count). The lowest BCUT2D eigenvalue weighted by Gasteiger charge is -2.14. The molecule has 0 unspecified atom stereocenters. The van der Waals surface area contributed by atoms with Crippen LogP contribution >= 0.6 is 0 Å². The van der Waals surface area contributed by atoms with E-state index in [1.165, 1.54) is 11.6 Å². The van der Waals surface area contributed by atoms with Crippen molar-refractivity contribution < 1.29 is 4.39 Å². The molecule has 0 aliphatic heterocycles. The fourth-order valence-corrected chi connectivity index (χ4v) is 2.77. The van der Waals surface area contributed by atoms with E-state index < -0.39 is 0 Å². The van der Waals surface area contributed by atoms with Crippen molar-refractivity contribution in [1.29, 1.82) is 0 Å². The highest BCUT2D eigenvalue weighted by Crippen LogP contribution is 2.18. The average Bonchev–Trinajstić information content (AvgIpc) is 2.82. The van der Waals surface area contributed by atoms with Gasteiger partial charge in [-0.1, -0.05) is 6.07 Å². The van der Waals surface area contributed by atoms with Crippen LogP contribution in [0.1, 0.15) is 29.4 Å². The number of hydrogen-bond donors (Lipinski definition) is 2. The molecule has 0 fully saturated rings. The number of halogens is 1. The summed E-state index contributed by atoms with van der Waals surface area (Å²) in [5.41, 5.74) is 4.71. The number of hydrogen-bond acceptors (Lipinski definition) is 3. The van der Waals surface area contributed by atoms with Gasteiger partial charge in [0.05, 0.1) is 17.9 Å². The summed E-state index contributed by atoms with van der Waals surface area (Å²) in [6, 6.07) is 5.22. The lowest BCUT2D eigenvalue weighted by molar-refractivity contribution is 0.624. The highest BCUT2D eigenvalue weighted by Gasteiger charge is 2.10. The Morgan fingerprint density at radius 2 is 2.00 bits per heavy atom. The molecule has 7 heteroatoms. The van der Waals surface area contributed by atoms with Crippen molar-refractivity contribution in [1.82, 2.24) is 20.4 Å². The zero-order valence-electron chi connectivity index (χ0n) is 16.5. The number of nitrogens with one attached hydrogen (secondary N) is 2. The number of anilines is 1. The van der Waals surface area contributed by atoms with Crippen molar-refractivity contribution in [3.8, 4) is 0 Å². The first-order valence-corrected chi connectivity index (χ1v) is 8.80. The van der Waals surface area contributed by atoms with Gasteiger partial charge in [-0.2, -0.15) is 5.10 Å². The number of guanidine groups is 1. The number of benzene rings is 1. The van der Waals surface area contributed by atoms with Crippen molar-refractivity contribution in [3.63, 3.8) is 0 Å². The molecular weight excluding hydrogens is 331 g/mol. The highest BCUT2D eigenvalue weighted by molar-refractivity contribution is 5.79. The number of aromatic nitrogens is 2. The fraction of sp³-hybridized carbons (Fsp3) is 0.474. The molecule has 0 saturated carbocycles. The van der Waals surface area contributed by atoms with Gasteiger partial charge in [-0.15, -0.1) is 0 Å². The van der Waals surface area contributed by atoms with Gasteiger partial charge >= 0.3 is 0 Å². The average molecular weight is 360 g/mol. The number of nitrogens with zero attached hydrogens (tertiary/aromatic N) is 4. The van der Waals surface area contributed by atoms with E-state index in [0.29, 0.717) is 24.7 Å². The third-order valence-corrected chi connectivity index (χ3v) is 4.35. The predicted molar refractivity (Wildman–Crippen MR) is 105 cm³/mol.